The number of hydrogen-bond acceptors (Lipinski definition) is 3. The van der Waals surface area contributed by atoms with Crippen LogP contribution in [0.4, 0.5) is 0 Å². The topological polar surface area (TPSA) is 56.8 Å². The minimum atomic E-state index is -0.102. The fourth-order valence-electron chi connectivity index (χ4n) is 3.04. The Morgan fingerprint density at radius 1 is 0.815 bits per heavy atom. The third-order valence-corrected chi connectivity index (χ3v) is 4.82. The molecule has 3 nitrogen and oxygen atoms in total. The van der Waals surface area contributed by atoms with Gasteiger partial charge in [0.15, 0.2) is 0 Å². The molecule has 3 rings (SSSR count). The van der Waals surface area contributed by atoms with Crippen LogP contribution in [-0.4, -0.2) is 0 Å². The van der Waals surface area contributed by atoms with E-state index in [1.54, 1.807) is 18.2 Å². The van der Waals surface area contributed by atoms with Gasteiger partial charge in [0, 0.05) is 11.0 Å². The van der Waals surface area contributed by atoms with Crippen molar-refractivity contribution in [3.05, 3.63) is 101 Å². The Hall–Kier alpha value is -3.56. The summed E-state index contributed by atoms with van der Waals surface area (Å²) in [6.45, 7) is 4.65. The molecule has 0 radical (unpaired) electrons. The first-order chi connectivity index (χ1) is 13.0. The van der Waals surface area contributed by atoms with Crippen LogP contribution in [0, 0.1) is 22.7 Å². The Labute approximate surface area is 160 Å². The van der Waals surface area contributed by atoms with Gasteiger partial charge in [-0.2, -0.15) is 10.5 Å². The van der Waals surface area contributed by atoms with Crippen LogP contribution < -0.4 is 4.74 Å². The second kappa shape index (κ2) is 7.77. The summed E-state index contributed by atoms with van der Waals surface area (Å²) in [5.74, 6) is 0.730. The fourth-order valence-corrected chi connectivity index (χ4v) is 3.04. The smallest absolute Gasteiger partial charge is 0.119 e. The van der Waals surface area contributed by atoms with Crippen molar-refractivity contribution in [1.29, 1.82) is 10.5 Å². The van der Waals surface area contributed by atoms with E-state index in [1.165, 1.54) is 11.1 Å². The molecule has 0 aliphatic heterocycles. The summed E-state index contributed by atoms with van der Waals surface area (Å²) in [7, 11) is 0. The summed E-state index contributed by atoms with van der Waals surface area (Å²) in [5, 5.41) is 18.3. The first kappa shape index (κ1) is 18.2. The van der Waals surface area contributed by atoms with Crippen LogP contribution in [0.2, 0.25) is 0 Å². The minimum Gasteiger partial charge on any atom is -0.489 e. The molecule has 0 aliphatic rings. The predicted molar refractivity (Wildman–Crippen MR) is 105 cm³/mol. The van der Waals surface area contributed by atoms with Gasteiger partial charge in [-0.15, -0.1) is 0 Å². The highest BCUT2D eigenvalue weighted by atomic mass is 16.5. The standard InChI is InChI=1S/C24H20N2O/c1-24(2,21-6-4-3-5-7-21)22-10-12-23(13-11-22)27-17-20-14-18(15-25)8-9-19(20)16-26/h3-14H,17H2,1-2H3. The van der Waals surface area contributed by atoms with Crippen molar-refractivity contribution in [2.24, 2.45) is 0 Å². The lowest BCUT2D eigenvalue weighted by Crippen LogP contribution is -2.18. The van der Waals surface area contributed by atoms with E-state index in [-0.39, 0.29) is 12.0 Å². The van der Waals surface area contributed by atoms with Gasteiger partial charge in [0.05, 0.1) is 23.3 Å². The van der Waals surface area contributed by atoms with Crippen LogP contribution in [0.5, 0.6) is 5.75 Å². The summed E-state index contributed by atoms with van der Waals surface area (Å²) in [6, 6.07) is 27.7. The third-order valence-electron chi connectivity index (χ3n) is 4.82. The first-order valence-electron chi connectivity index (χ1n) is 8.76. The first-order valence-corrected chi connectivity index (χ1v) is 8.76. The molecule has 3 aromatic rings. The SMILES string of the molecule is CC(C)(c1ccccc1)c1ccc(OCc2cc(C#N)ccc2C#N)cc1. The Kier molecular flexibility index (Phi) is 5.25. The van der Waals surface area contributed by atoms with Crippen LogP contribution in [0.3, 0.4) is 0 Å². The summed E-state index contributed by atoms with van der Waals surface area (Å²) >= 11 is 0. The molecular formula is C24H20N2O. The predicted octanol–water partition coefficient (Wildman–Crippen LogP) is 5.33. The molecule has 0 saturated carbocycles. The van der Waals surface area contributed by atoms with E-state index in [0.29, 0.717) is 16.7 Å². The van der Waals surface area contributed by atoms with Crippen molar-refractivity contribution in [1.82, 2.24) is 0 Å². The van der Waals surface area contributed by atoms with Crippen molar-refractivity contribution in [3.8, 4) is 17.9 Å². The molecular weight excluding hydrogens is 332 g/mol. The van der Waals surface area contributed by atoms with E-state index in [1.807, 2.05) is 18.2 Å². The molecule has 3 aromatic carbocycles. The summed E-state index contributed by atoms with van der Waals surface area (Å²) < 4.78 is 5.85. The normalized spacial score (nSPS) is 10.7. The van der Waals surface area contributed by atoms with E-state index >= 15 is 0 Å². The van der Waals surface area contributed by atoms with Crippen LogP contribution in [0.15, 0.2) is 72.8 Å². The van der Waals surface area contributed by atoms with Crippen LogP contribution in [-0.2, 0) is 12.0 Å². The van der Waals surface area contributed by atoms with Crippen LogP contribution >= 0.6 is 0 Å². The number of nitriles is 2. The monoisotopic (exact) mass is 352 g/mol. The average Bonchev–Trinajstić information content (AvgIpc) is 2.73. The molecule has 0 amide bonds. The highest BCUT2D eigenvalue weighted by molar-refractivity contribution is 5.44. The molecule has 0 saturated heterocycles. The van der Waals surface area contributed by atoms with E-state index in [4.69, 9.17) is 10.00 Å². The van der Waals surface area contributed by atoms with E-state index in [9.17, 15) is 5.26 Å². The lowest BCUT2D eigenvalue weighted by Gasteiger charge is -2.26. The molecule has 0 N–H and O–H groups in total. The third kappa shape index (κ3) is 4.00. The fraction of sp³-hybridized carbons (Fsp3) is 0.167. The largest absolute Gasteiger partial charge is 0.489 e. The molecule has 0 spiro atoms. The van der Waals surface area contributed by atoms with Crippen LogP contribution in [0.25, 0.3) is 0 Å². The Bertz CT molecular complexity index is 1010. The molecule has 132 valence electrons. The van der Waals surface area contributed by atoms with E-state index < -0.39 is 0 Å². The van der Waals surface area contributed by atoms with Crippen molar-refractivity contribution in [2.75, 3.05) is 0 Å². The van der Waals surface area contributed by atoms with Gasteiger partial charge in [0.25, 0.3) is 0 Å². The van der Waals surface area contributed by atoms with E-state index in [0.717, 1.165) is 5.75 Å². The van der Waals surface area contributed by atoms with Gasteiger partial charge in [-0.05, 0) is 41.5 Å². The number of benzene rings is 3. The molecule has 0 fully saturated rings. The molecule has 3 heteroatoms. The zero-order valence-electron chi connectivity index (χ0n) is 15.4. The van der Waals surface area contributed by atoms with Gasteiger partial charge in [-0.1, -0.05) is 56.3 Å². The van der Waals surface area contributed by atoms with Gasteiger partial charge in [0.2, 0.25) is 0 Å². The van der Waals surface area contributed by atoms with Crippen molar-refractivity contribution in [2.45, 2.75) is 25.9 Å². The minimum absolute atomic E-state index is 0.102. The number of hydrogen-bond donors (Lipinski definition) is 0. The van der Waals surface area contributed by atoms with Gasteiger partial charge >= 0.3 is 0 Å². The van der Waals surface area contributed by atoms with Gasteiger partial charge in [-0.25, -0.2) is 0 Å². The van der Waals surface area contributed by atoms with Crippen molar-refractivity contribution < 1.29 is 4.74 Å². The van der Waals surface area contributed by atoms with E-state index in [2.05, 4.69) is 62.4 Å². The molecule has 0 atom stereocenters. The van der Waals surface area contributed by atoms with Gasteiger partial charge < -0.3 is 4.74 Å². The highest BCUT2D eigenvalue weighted by Crippen LogP contribution is 2.32. The quantitative estimate of drug-likeness (QED) is 0.623. The maximum Gasteiger partial charge on any atom is 0.119 e. The lowest BCUT2D eigenvalue weighted by molar-refractivity contribution is 0.305. The van der Waals surface area contributed by atoms with Crippen molar-refractivity contribution >= 4 is 0 Å². The highest BCUT2D eigenvalue weighted by Gasteiger charge is 2.22. The second-order valence-electron chi connectivity index (χ2n) is 6.90. The van der Waals surface area contributed by atoms with Crippen LogP contribution in [0.1, 0.15) is 41.7 Å². The molecule has 0 aliphatic carbocycles. The van der Waals surface area contributed by atoms with Crippen molar-refractivity contribution in [3.63, 3.8) is 0 Å². The zero-order chi connectivity index (χ0) is 19.3. The Morgan fingerprint density at radius 2 is 1.48 bits per heavy atom. The van der Waals surface area contributed by atoms with Gasteiger partial charge in [0.1, 0.15) is 12.4 Å². The molecule has 0 heterocycles. The molecule has 27 heavy (non-hydrogen) atoms. The number of rotatable bonds is 5. The summed E-state index contributed by atoms with van der Waals surface area (Å²) in [5.41, 5.74) is 4.11. The number of nitrogens with zero attached hydrogens (tertiary/aromatic N) is 2. The Morgan fingerprint density at radius 3 is 2.11 bits per heavy atom. The summed E-state index contributed by atoms with van der Waals surface area (Å²) in [6.07, 6.45) is 0. The number of ether oxygens (including phenoxy) is 1. The lowest BCUT2D eigenvalue weighted by atomic mass is 9.78. The maximum atomic E-state index is 9.22. The average molecular weight is 352 g/mol. The zero-order valence-corrected chi connectivity index (χ0v) is 15.4. The maximum absolute atomic E-state index is 9.22. The molecule has 0 aromatic heterocycles. The molecule has 0 bridgehead atoms. The molecule has 0 unspecified atom stereocenters. The summed E-state index contributed by atoms with van der Waals surface area (Å²) in [4.78, 5) is 0. The van der Waals surface area contributed by atoms with Gasteiger partial charge in [-0.3, -0.25) is 0 Å². The second-order valence-corrected chi connectivity index (χ2v) is 6.90. The Balaban J connectivity index is 1.76.